The van der Waals surface area contributed by atoms with E-state index in [-0.39, 0.29) is 6.04 Å². The number of aromatic nitrogens is 3. The molecule has 2 aromatic rings. The van der Waals surface area contributed by atoms with E-state index in [1.54, 1.807) is 11.3 Å². The third-order valence-electron chi connectivity index (χ3n) is 3.11. The highest BCUT2D eigenvalue weighted by atomic mass is 35.5. The molecule has 1 unspecified atom stereocenters. The summed E-state index contributed by atoms with van der Waals surface area (Å²) >= 11 is 7.94. The van der Waals surface area contributed by atoms with Gasteiger partial charge in [0.1, 0.15) is 0 Å². The first kappa shape index (κ1) is 14.5. The van der Waals surface area contributed by atoms with Crippen molar-refractivity contribution in [3.8, 4) is 0 Å². The number of thiazole rings is 1. The first-order chi connectivity index (χ1) is 9.13. The Kier molecular flexibility index (Phi) is 4.96. The van der Waals surface area contributed by atoms with Crippen molar-refractivity contribution in [1.82, 2.24) is 20.1 Å². The highest BCUT2D eigenvalue weighted by Gasteiger charge is 2.19. The van der Waals surface area contributed by atoms with Gasteiger partial charge in [-0.1, -0.05) is 18.5 Å². The Morgan fingerprint density at radius 3 is 2.84 bits per heavy atom. The van der Waals surface area contributed by atoms with Gasteiger partial charge in [0, 0.05) is 18.8 Å². The molecule has 0 saturated heterocycles. The van der Waals surface area contributed by atoms with Crippen LogP contribution >= 0.6 is 22.9 Å². The van der Waals surface area contributed by atoms with Crippen molar-refractivity contribution in [2.75, 3.05) is 6.54 Å². The fourth-order valence-corrected chi connectivity index (χ4v) is 2.93. The van der Waals surface area contributed by atoms with Gasteiger partial charge in [-0.05, 0) is 19.9 Å². The largest absolute Gasteiger partial charge is 0.308 e. The minimum absolute atomic E-state index is 0.193. The molecule has 0 aromatic carbocycles. The van der Waals surface area contributed by atoms with E-state index < -0.39 is 0 Å². The van der Waals surface area contributed by atoms with E-state index >= 15 is 0 Å². The van der Waals surface area contributed by atoms with Gasteiger partial charge in [0.05, 0.1) is 33.7 Å². The summed E-state index contributed by atoms with van der Waals surface area (Å²) in [5, 5.41) is 10.7. The van der Waals surface area contributed by atoms with Gasteiger partial charge in [-0.25, -0.2) is 4.98 Å². The molecule has 0 spiro atoms. The van der Waals surface area contributed by atoms with Gasteiger partial charge in [0.25, 0.3) is 0 Å². The van der Waals surface area contributed by atoms with Gasteiger partial charge in [-0.15, -0.1) is 11.3 Å². The number of aryl methyl sites for hydroxylation is 2. The number of hydrogen-bond acceptors (Lipinski definition) is 4. The van der Waals surface area contributed by atoms with E-state index in [1.165, 1.54) is 0 Å². The maximum absolute atomic E-state index is 6.32. The molecule has 0 fully saturated rings. The highest BCUT2D eigenvalue weighted by Crippen LogP contribution is 2.25. The van der Waals surface area contributed by atoms with Gasteiger partial charge in [0.15, 0.2) is 0 Å². The van der Waals surface area contributed by atoms with Crippen LogP contribution in [-0.2, 0) is 13.5 Å². The summed E-state index contributed by atoms with van der Waals surface area (Å²) in [4.78, 5) is 4.42. The number of nitrogens with zero attached hydrogens (tertiary/aromatic N) is 3. The Morgan fingerprint density at radius 1 is 1.53 bits per heavy atom. The van der Waals surface area contributed by atoms with E-state index in [4.69, 9.17) is 11.6 Å². The van der Waals surface area contributed by atoms with Crippen LogP contribution in [0.5, 0.6) is 0 Å². The summed E-state index contributed by atoms with van der Waals surface area (Å²) in [5.41, 5.74) is 4.88. The van der Waals surface area contributed by atoms with Crippen LogP contribution in [0.3, 0.4) is 0 Å². The molecule has 0 aliphatic carbocycles. The molecule has 6 heteroatoms. The normalized spacial score (nSPS) is 12.8. The first-order valence-electron chi connectivity index (χ1n) is 6.43. The van der Waals surface area contributed by atoms with Crippen LogP contribution in [0.2, 0.25) is 5.02 Å². The summed E-state index contributed by atoms with van der Waals surface area (Å²) < 4.78 is 1.87. The monoisotopic (exact) mass is 298 g/mol. The molecule has 0 aliphatic heterocycles. The topological polar surface area (TPSA) is 42.7 Å². The lowest BCUT2D eigenvalue weighted by Crippen LogP contribution is -2.25. The molecule has 0 aliphatic rings. The zero-order valence-corrected chi connectivity index (χ0v) is 13.1. The zero-order valence-electron chi connectivity index (χ0n) is 11.5. The quantitative estimate of drug-likeness (QED) is 0.891. The number of nitrogens with one attached hydrogen (secondary N) is 1. The molecule has 2 rings (SSSR count). The molecule has 19 heavy (non-hydrogen) atoms. The highest BCUT2D eigenvalue weighted by molar-refractivity contribution is 7.07. The van der Waals surface area contributed by atoms with Crippen LogP contribution < -0.4 is 5.32 Å². The maximum atomic E-state index is 6.32. The average molecular weight is 299 g/mol. The predicted molar refractivity (Wildman–Crippen MR) is 79.8 cm³/mol. The molecule has 2 heterocycles. The minimum atomic E-state index is 0.193. The Balaban J connectivity index is 2.20. The second-order valence-electron chi connectivity index (χ2n) is 4.59. The summed E-state index contributed by atoms with van der Waals surface area (Å²) in [5.74, 6) is 0. The molecule has 1 N–H and O–H groups in total. The molecule has 0 radical (unpaired) electrons. The third-order valence-corrected chi connectivity index (χ3v) is 4.20. The van der Waals surface area contributed by atoms with Crippen LogP contribution in [0, 0.1) is 6.92 Å². The van der Waals surface area contributed by atoms with Crippen molar-refractivity contribution in [3.63, 3.8) is 0 Å². The van der Waals surface area contributed by atoms with E-state index in [0.29, 0.717) is 0 Å². The van der Waals surface area contributed by atoms with Crippen LogP contribution in [0.25, 0.3) is 0 Å². The molecule has 0 saturated carbocycles. The van der Waals surface area contributed by atoms with Crippen LogP contribution in [0.15, 0.2) is 10.9 Å². The lowest BCUT2D eigenvalue weighted by atomic mass is 10.1. The predicted octanol–water partition coefficient (Wildman–Crippen LogP) is 3.12. The Morgan fingerprint density at radius 2 is 2.32 bits per heavy atom. The van der Waals surface area contributed by atoms with Crippen molar-refractivity contribution in [2.45, 2.75) is 32.7 Å². The second kappa shape index (κ2) is 6.50. The van der Waals surface area contributed by atoms with Gasteiger partial charge in [0.2, 0.25) is 0 Å². The van der Waals surface area contributed by atoms with E-state index in [1.807, 2.05) is 24.2 Å². The summed E-state index contributed by atoms with van der Waals surface area (Å²) in [6.07, 6.45) is 1.90. The summed E-state index contributed by atoms with van der Waals surface area (Å²) in [6.45, 7) is 5.06. The van der Waals surface area contributed by atoms with Gasteiger partial charge in [-0.2, -0.15) is 5.10 Å². The minimum Gasteiger partial charge on any atom is -0.308 e. The van der Waals surface area contributed by atoms with Crippen LogP contribution in [-0.4, -0.2) is 21.3 Å². The third kappa shape index (κ3) is 3.35. The van der Waals surface area contributed by atoms with Crippen molar-refractivity contribution in [3.05, 3.63) is 33.0 Å². The lowest BCUT2D eigenvalue weighted by molar-refractivity contribution is 0.504. The Labute approximate surface area is 122 Å². The van der Waals surface area contributed by atoms with E-state index in [2.05, 4.69) is 27.7 Å². The van der Waals surface area contributed by atoms with Crippen molar-refractivity contribution >= 4 is 22.9 Å². The van der Waals surface area contributed by atoms with Crippen molar-refractivity contribution in [1.29, 1.82) is 0 Å². The SMILES string of the molecule is CCCNC(Cc1c(Cl)c(C)nn1C)c1cscn1. The second-order valence-corrected chi connectivity index (χ2v) is 5.69. The molecular formula is C13H19ClN4S. The van der Waals surface area contributed by atoms with Crippen LogP contribution in [0.4, 0.5) is 0 Å². The van der Waals surface area contributed by atoms with Gasteiger partial charge < -0.3 is 5.32 Å². The van der Waals surface area contributed by atoms with E-state index in [0.717, 1.165) is 41.5 Å². The smallest absolute Gasteiger partial charge is 0.0847 e. The number of hydrogen-bond donors (Lipinski definition) is 1. The number of rotatable bonds is 6. The molecule has 1 atom stereocenters. The molecule has 4 nitrogen and oxygen atoms in total. The fourth-order valence-electron chi connectivity index (χ4n) is 2.09. The van der Waals surface area contributed by atoms with Gasteiger partial charge >= 0.3 is 0 Å². The maximum Gasteiger partial charge on any atom is 0.0847 e. The summed E-state index contributed by atoms with van der Waals surface area (Å²) in [7, 11) is 1.94. The van der Waals surface area contributed by atoms with Crippen molar-refractivity contribution in [2.24, 2.45) is 7.05 Å². The Bertz CT molecular complexity index is 521. The lowest BCUT2D eigenvalue weighted by Gasteiger charge is -2.17. The standard InChI is InChI=1S/C13H19ClN4S/c1-4-5-15-10(11-7-19-8-16-11)6-12-13(14)9(2)17-18(12)3/h7-8,10,15H,4-6H2,1-3H3. The zero-order chi connectivity index (χ0) is 13.8. The first-order valence-corrected chi connectivity index (χ1v) is 7.75. The van der Waals surface area contributed by atoms with E-state index in [9.17, 15) is 0 Å². The molecule has 0 amide bonds. The molecule has 2 aromatic heterocycles. The fraction of sp³-hybridized carbons (Fsp3) is 0.538. The summed E-state index contributed by atoms with van der Waals surface area (Å²) in [6, 6.07) is 0.193. The van der Waals surface area contributed by atoms with Crippen molar-refractivity contribution < 1.29 is 0 Å². The number of halogens is 1. The molecular weight excluding hydrogens is 280 g/mol. The molecule has 0 bridgehead atoms. The molecule has 104 valence electrons. The average Bonchev–Trinajstić information content (AvgIpc) is 2.98. The Hall–Kier alpha value is -0.910. The van der Waals surface area contributed by atoms with Crippen LogP contribution in [0.1, 0.15) is 36.5 Å². The van der Waals surface area contributed by atoms with Gasteiger partial charge in [-0.3, -0.25) is 4.68 Å².